The van der Waals surface area contributed by atoms with Crippen LogP contribution in [0.25, 0.3) is 0 Å². The SMILES string of the molecule is O=C(COc1c(Cl)cccc1CO)N1CCOCC1. The molecule has 0 spiro atoms. The molecule has 0 radical (unpaired) electrons. The summed E-state index contributed by atoms with van der Waals surface area (Å²) < 4.78 is 10.6. The van der Waals surface area contributed by atoms with Crippen LogP contribution in [0.5, 0.6) is 5.75 Å². The summed E-state index contributed by atoms with van der Waals surface area (Å²) in [6, 6.07) is 5.10. The molecule has 1 N–H and O–H groups in total. The predicted molar refractivity (Wildman–Crippen MR) is 70.3 cm³/mol. The number of morpholine rings is 1. The summed E-state index contributed by atoms with van der Waals surface area (Å²) in [4.78, 5) is 13.6. The molecule has 0 aliphatic carbocycles. The van der Waals surface area contributed by atoms with E-state index in [2.05, 4.69) is 0 Å². The molecule has 0 bridgehead atoms. The molecule has 1 fully saturated rings. The molecule has 0 atom stereocenters. The Kier molecular flexibility index (Phi) is 5.01. The van der Waals surface area contributed by atoms with Gasteiger partial charge in [0.15, 0.2) is 6.61 Å². The van der Waals surface area contributed by atoms with E-state index in [1.807, 2.05) is 0 Å². The average molecular weight is 286 g/mol. The number of halogens is 1. The lowest BCUT2D eigenvalue weighted by Gasteiger charge is -2.26. The molecule has 1 aliphatic heterocycles. The number of aliphatic hydroxyl groups excluding tert-OH is 1. The Morgan fingerprint density at radius 2 is 2.16 bits per heavy atom. The van der Waals surface area contributed by atoms with E-state index < -0.39 is 0 Å². The molecule has 0 unspecified atom stereocenters. The van der Waals surface area contributed by atoms with Gasteiger partial charge in [0, 0.05) is 18.7 Å². The summed E-state index contributed by atoms with van der Waals surface area (Å²) in [5.74, 6) is 0.264. The second-order valence-electron chi connectivity index (χ2n) is 4.17. The summed E-state index contributed by atoms with van der Waals surface area (Å²) in [7, 11) is 0. The standard InChI is InChI=1S/C13H16ClNO4/c14-11-3-1-2-10(8-16)13(11)19-9-12(17)15-4-6-18-7-5-15/h1-3,16H,4-9H2. The fourth-order valence-corrected chi connectivity index (χ4v) is 2.13. The Morgan fingerprint density at radius 1 is 1.42 bits per heavy atom. The zero-order valence-corrected chi connectivity index (χ0v) is 11.2. The molecule has 5 nitrogen and oxygen atoms in total. The van der Waals surface area contributed by atoms with Crippen LogP contribution in [0.15, 0.2) is 18.2 Å². The van der Waals surface area contributed by atoms with Gasteiger partial charge in [-0.3, -0.25) is 4.79 Å². The minimum Gasteiger partial charge on any atom is -0.482 e. The lowest BCUT2D eigenvalue weighted by molar-refractivity contribution is -0.137. The molecule has 1 aliphatic rings. The van der Waals surface area contributed by atoms with Crippen molar-refractivity contribution in [1.82, 2.24) is 4.90 Å². The van der Waals surface area contributed by atoms with Crippen LogP contribution in [0.3, 0.4) is 0 Å². The first kappa shape index (κ1) is 14.1. The van der Waals surface area contributed by atoms with E-state index in [-0.39, 0.29) is 19.1 Å². The third-order valence-electron chi connectivity index (χ3n) is 2.92. The van der Waals surface area contributed by atoms with Gasteiger partial charge in [-0.05, 0) is 6.07 Å². The third kappa shape index (κ3) is 3.59. The highest BCUT2D eigenvalue weighted by molar-refractivity contribution is 6.32. The number of para-hydroxylation sites is 1. The molecule has 1 saturated heterocycles. The number of carbonyl (C=O) groups is 1. The topological polar surface area (TPSA) is 59.0 Å². The smallest absolute Gasteiger partial charge is 0.260 e. The second kappa shape index (κ2) is 6.75. The highest BCUT2D eigenvalue weighted by atomic mass is 35.5. The molecular formula is C13H16ClNO4. The summed E-state index contributed by atoms with van der Waals surface area (Å²) in [6.07, 6.45) is 0. The van der Waals surface area contributed by atoms with E-state index in [1.54, 1.807) is 23.1 Å². The van der Waals surface area contributed by atoms with Crippen molar-refractivity contribution in [3.63, 3.8) is 0 Å². The number of ether oxygens (including phenoxy) is 2. The largest absolute Gasteiger partial charge is 0.482 e. The van der Waals surface area contributed by atoms with Gasteiger partial charge < -0.3 is 19.5 Å². The van der Waals surface area contributed by atoms with Crippen LogP contribution in [-0.4, -0.2) is 48.8 Å². The molecule has 1 aromatic carbocycles. The van der Waals surface area contributed by atoms with E-state index in [9.17, 15) is 9.90 Å². The van der Waals surface area contributed by atoms with E-state index in [0.717, 1.165) is 0 Å². The van der Waals surface area contributed by atoms with Gasteiger partial charge in [-0.2, -0.15) is 0 Å². The van der Waals surface area contributed by atoms with Crippen molar-refractivity contribution in [1.29, 1.82) is 0 Å². The van der Waals surface area contributed by atoms with Crippen LogP contribution in [0, 0.1) is 0 Å². The van der Waals surface area contributed by atoms with Gasteiger partial charge in [-0.1, -0.05) is 23.7 Å². The van der Waals surface area contributed by atoms with E-state index in [0.29, 0.717) is 42.6 Å². The maximum absolute atomic E-state index is 11.9. The quantitative estimate of drug-likeness (QED) is 0.899. The molecule has 0 aromatic heterocycles. The van der Waals surface area contributed by atoms with Crippen molar-refractivity contribution >= 4 is 17.5 Å². The van der Waals surface area contributed by atoms with E-state index >= 15 is 0 Å². The Balaban J connectivity index is 1.96. The van der Waals surface area contributed by atoms with Crippen LogP contribution >= 0.6 is 11.6 Å². The summed E-state index contributed by atoms with van der Waals surface area (Å²) >= 11 is 6.00. The first-order chi connectivity index (χ1) is 9.22. The molecule has 1 aromatic rings. The molecule has 1 amide bonds. The van der Waals surface area contributed by atoms with Crippen molar-refractivity contribution in [2.24, 2.45) is 0 Å². The van der Waals surface area contributed by atoms with Gasteiger partial charge in [-0.25, -0.2) is 0 Å². The van der Waals surface area contributed by atoms with Gasteiger partial charge in [0.1, 0.15) is 5.75 Å². The minimum absolute atomic E-state index is 0.0866. The molecule has 19 heavy (non-hydrogen) atoms. The normalized spacial score (nSPS) is 15.4. The van der Waals surface area contributed by atoms with Crippen LogP contribution in [0.4, 0.5) is 0 Å². The van der Waals surface area contributed by atoms with Gasteiger partial charge in [0.2, 0.25) is 0 Å². The maximum atomic E-state index is 11.9. The van der Waals surface area contributed by atoms with Crippen molar-refractivity contribution < 1.29 is 19.4 Å². The lowest BCUT2D eigenvalue weighted by atomic mass is 10.2. The Hall–Kier alpha value is -1.30. The van der Waals surface area contributed by atoms with Crippen molar-refractivity contribution in [3.8, 4) is 5.75 Å². The molecule has 6 heteroatoms. The third-order valence-corrected chi connectivity index (χ3v) is 3.22. The predicted octanol–water partition coefficient (Wildman–Crippen LogP) is 1.07. The van der Waals surface area contributed by atoms with Gasteiger partial charge >= 0.3 is 0 Å². The summed E-state index contributed by atoms with van der Waals surface area (Å²) in [5, 5.41) is 9.60. The van der Waals surface area contributed by atoms with Crippen LogP contribution in [0.2, 0.25) is 5.02 Å². The zero-order chi connectivity index (χ0) is 13.7. The number of hydrogen-bond acceptors (Lipinski definition) is 4. The van der Waals surface area contributed by atoms with Crippen LogP contribution < -0.4 is 4.74 Å². The van der Waals surface area contributed by atoms with Crippen molar-refractivity contribution in [3.05, 3.63) is 28.8 Å². The van der Waals surface area contributed by atoms with Crippen molar-refractivity contribution in [2.75, 3.05) is 32.9 Å². The fourth-order valence-electron chi connectivity index (χ4n) is 1.88. The fraction of sp³-hybridized carbons (Fsp3) is 0.462. The maximum Gasteiger partial charge on any atom is 0.260 e. The Labute approximate surface area is 116 Å². The number of carbonyl (C=O) groups excluding carboxylic acids is 1. The van der Waals surface area contributed by atoms with Gasteiger partial charge in [-0.15, -0.1) is 0 Å². The molecule has 104 valence electrons. The highest BCUT2D eigenvalue weighted by Crippen LogP contribution is 2.28. The number of benzene rings is 1. The van der Waals surface area contributed by atoms with Crippen LogP contribution in [0.1, 0.15) is 5.56 Å². The average Bonchev–Trinajstić information content (AvgIpc) is 2.46. The number of hydrogen-bond donors (Lipinski definition) is 1. The number of nitrogens with zero attached hydrogens (tertiary/aromatic N) is 1. The monoisotopic (exact) mass is 285 g/mol. The molecular weight excluding hydrogens is 270 g/mol. The van der Waals surface area contributed by atoms with Gasteiger partial charge in [0.25, 0.3) is 5.91 Å². The second-order valence-corrected chi connectivity index (χ2v) is 4.58. The number of aliphatic hydroxyl groups is 1. The van der Waals surface area contributed by atoms with Crippen LogP contribution in [-0.2, 0) is 16.1 Å². The molecule has 1 heterocycles. The lowest BCUT2D eigenvalue weighted by Crippen LogP contribution is -2.43. The summed E-state index contributed by atoms with van der Waals surface area (Å²) in [5.41, 5.74) is 0.572. The number of rotatable bonds is 4. The Morgan fingerprint density at radius 3 is 2.84 bits per heavy atom. The number of amides is 1. The zero-order valence-electron chi connectivity index (χ0n) is 10.5. The first-order valence-electron chi connectivity index (χ1n) is 6.09. The molecule has 2 rings (SSSR count). The van der Waals surface area contributed by atoms with E-state index in [4.69, 9.17) is 21.1 Å². The first-order valence-corrected chi connectivity index (χ1v) is 6.46. The minimum atomic E-state index is -0.179. The Bertz CT molecular complexity index is 446. The molecule has 0 saturated carbocycles. The van der Waals surface area contributed by atoms with Gasteiger partial charge in [0.05, 0.1) is 24.8 Å². The van der Waals surface area contributed by atoms with E-state index in [1.165, 1.54) is 0 Å². The highest BCUT2D eigenvalue weighted by Gasteiger charge is 2.18. The summed E-state index contributed by atoms with van der Waals surface area (Å²) in [6.45, 7) is 2.01. The van der Waals surface area contributed by atoms with Crippen molar-refractivity contribution in [2.45, 2.75) is 6.61 Å².